The van der Waals surface area contributed by atoms with E-state index in [1.54, 1.807) is 0 Å². The predicted octanol–water partition coefficient (Wildman–Crippen LogP) is 2.23. The summed E-state index contributed by atoms with van der Waals surface area (Å²) in [5.74, 6) is 0.975. The maximum Gasteiger partial charge on any atom is 0.0237 e. The van der Waals surface area contributed by atoms with Crippen LogP contribution >= 0.6 is 22.6 Å². The van der Waals surface area contributed by atoms with Crippen molar-refractivity contribution in [2.24, 2.45) is 5.92 Å². The summed E-state index contributed by atoms with van der Waals surface area (Å²) in [6, 6.07) is 0. The summed E-state index contributed by atoms with van der Waals surface area (Å²) >= 11 is 2.62. The van der Waals surface area contributed by atoms with Crippen LogP contribution in [0.5, 0.6) is 0 Å². The van der Waals surface area contributed by atoms with Gasteiger partial charge in [0.25, 0.3) is 0 Å². The van der Waals surface area contributed by atoms with Gasteiger partial charge in [-0.05, 0) is 58.3 Å². The zero-order valence-corrected chi connectivity index (χ0v) is 11.9. The van der Waals surface area contributed by atoms with Gasteiger partial charge in [0, 0.05) is 17.0 Å². The molecule has 3 heteroatoms. The molecule has 1 unspecified atom stereocenters. The minimum absolute atomic E-state index is 0.905. The minimum atomic E-state index is 0.905. The Morgan fingerprint density at radius 2 is 1.87 bits per heavy atom. The highest BCUT2D eigenvalue weighted by atomic mass is 127. The predicted molar refractivity (Wildman–Crippen MR) is 73.7 cm³/mol. The molecule has 2 nitrogen and oxygen atoms in total. The number of piperidine rings is 2. The number of nitrogens with zero attached hydrogens (tertiary/aromatic N) is 2. The molecule has 2 heterocycles. The van der Waals surface area contributed by atoms with Crippen molar-refractivity contribution in [2.45, 2.75) is 29.6 Å². The molecule has 0 aromatic heterocycles. The van der Waals surface area contributed by atoms with Crippen LogP contribution in [0.3, 0.4) is 0 Å². The summed E-state index contributed by atoms with van der Waals surface area (Å²) in [6.45, 7) is 6.68. The number of hydrogen-bond acceptors (Lipinski definition) is 2. The topological polar surface area (TPSA) is 6.48 Å². The normalized spacial score (nSPS) is 32.0. The van der Waals surface area contributed by atoms with Crippen molar-refractivity contribution >= 4 is 22.6 Å². The molecule has 0 spiro atoms. The number of halogens is 1. The van der Waals surface area contributed by atoms with Crippen LogP contribution in [0.15, 0.2) is 0 Å². The molecule has 2 fully saturated rings. The van der Waals surface area contributed by atoms with Gasteiger partial charge in [-0.3, -0.25) is 0 Å². The van der Waals surface area contributed by atoms with Gasteiger partial charge in [0.2, 0.25) is 0 Å². The zero-order chi connectivity index (χ0) is 10.7. The lowest BCUT2D eigenvalue weighted by atomic mass is 9.95. The van der Waals surface area contributed by atoms with E-state index in [2.05, 4.69) is 39.4 Å². The Kier molecular flexibility index (Phi) is 4.70. The van der Waals surface area contributed by atoms with Crippen LogP contribution in [0, 0.1) is 5.92 Å². The summed E-state index contributed by atoms with van der Waals surface area (Å²) in [7, 11) is 2.25. The number of alkyl halides is 1. The molecule has 15 heavy (non-hydrogen) atoms. The molecule has 2 aliphatic heterocycles. The number of rotatable bonds is 2. The molecule has 0 bridgehead atoms. The van der Waals surface area contributed by atoms with Gasteiger partial charge in [-0.25, -0.2) is 0 Å². The molecule has 0 aromatic carbocycles. The van der Waals surface area contributed by atoms with Crippen molar-refractivity contribution < 1.29 is 0 Å². The van der Waals surface area contributed by atoms with E-state index < -0.39 is 0 Å². The Bertz CT molecular complexity index is 190. The molecule has 0 saturated carbocycles. The summed E-state index contributed by atoms with van der Waals surface area (Å²) in [5, 5.41) is 0. The van der Waals surface area contributed by atoms with Crippen LogP contribution < -0.4 is 0 Å². The van der Waals surface area contributed by atoms with Crippen LogP contribution in [-0.4, -0.2) is 53.5 Å². The molecule has 0 aliphatic carbocycles. The van der Waals surface area contributed by atoms with Gasteiger partial charge in [0.1, 0.15) is 0 Å². The Balaban J connectivity index is 1.71. The Hall–Kier alpha value is 0.650. The van der Waals surface area contributed by atoms with Crippen LogP contribution in [0.4, 0.5) is 0 Å². The maximum atomic E-state index is 2.70. The van der Waals surface area contributed by atoms with Crippen LogP contribution in [0.1, 0.15) is 25.7 Å². The molecule has 1 atom stereocenters. The van der Waals surface area contributed by atoms with Crippen molar-refractivity contribution in [3.8, 4) is 0 Å². The van der Waals surface area contributed by atoms with Gasteiger partial charge in [0.15, 0.2) is 0 Å². The molecule has 88 valence electrons. The van der Waals surface area contributed by atoms with Crippen molar-refractivity contribution in [1.29, 1.82) is 0 Å². The van der Waals surface area contributed by atoms with Crippen LogP contribution in [0.2, 0.25) is 0 Å². The van der Waals surface area contributed by atoms with Crippen LogP contribution in [0.25, 0.3) is 0 Å². The van der Waals surface area contributed by atoms with E-state index in [0.29, 0.717) is 0 Å². The average Bonchev–Trinajstić information content (AvgIpc) is 2.22. The van der Waals surface area contributed by atoms with E-state index in [1.165, 1.54) is 58.4 Å². The summed E-state index contributed by atoms with van der Waals surface area (Å²) in [4.78, 5) is 5.17. The molecule has 0 N–H and O–H groups in total. The Labute approximate surface area is 108 Å². The lowest BCUT2D eigenvalue weighted by Gasteiger charge is -2.36. The third-order valence-corrected chi connectivity index (χ3v) is 4.82. The number of likely N-dealkylation sites (tertiary alicyclic amines) is 2. The van der Waals surface area contributed by atoms with Crippen molar-refractivity contribution in [1.82, 2.24) is 9.80 Å². The summed E-state index contributed by atoms with van der Waals surface area (Å²) in [5.41, 5.74) is 0. The zero-order valence-electron chi connectivity index (χ0n) is 9.79. The molecule has 0 radical (unpaired) electrons. The monoisotopic (exact) mass is 322 g/mol. The molecular formula is C12H23IN2. The summed E-state index contributed by atoms with van der Waals surface area (Å²) in [6.07, 6.45) is 5.68. The van der Waals surface area contributed by atoms with Gasteiger partial charge < -0.3 is 9.80 Å². The smallest absolute Gasteiger partial charge is 0.0237 e. The van der Waals surface area contributed by atoms with E-state index in [9.17, 15) is 0 Å². The van der Waals surface area contributed by atoms with Gasteiger partial charge >= 0.3 is 0 Å². The second kappa shape index (κ2) is 5.82. The Morgan fingerprint density at radius 1 is 1.13 bits per heavy atom. The lowest BCUT2D eigenvalue weighted by molar-refractivity contribution is 0.149. The summed E-state index contributed by atoms with van der Waals surface area (Å²) < 4.78 is 0.905. The highest BCUT2D eigenvalue weighted by Crippen LogP contribution is 2.22. The van der Waals surface area contributed by atoms with Crippen molar-refractivity contribution in [2.75, 3.05) is 39.8 Å². The fourth-order valence-electron chi connectivity index (χ4n) is 2.77. The SMILES string of the molecule is CN1CCC(CN2CCCC(I)C2)CC1. The first-order valence-electron chi connectivity index (χ1n) is 6.29. The maximum absolute atomic E-state index is 2.70. The van der Waals surface area contributed by atoms with Crippen molar-refractivity contribution in [3.05, 3.63) is 0 Å². The molecule has 0 aromatic rings. The van der Waals surface area contributed by atoms with E-state index in [4.69, 9.17) is 0 Å². The van der Waals surface area contributed by atoms with Gasteiger partial charge in [-0.15, -0.1) is 0 Å². The van der Waals surface area contributed by atoms with E-state index >= 15 is 0 Å². The van der Waals surface area contributed by atoms with Crippen molar-refractivity contribution in [3.63, 3.8) is 0 Å². The van der Waals surface area contributed by atoms with E-state index in [1.807, 2.05) is 0 Å². The Morgan fingerprint density at radius 3 is 2.53 bits per heavy atom. The van der Waals surface area contributed by atoms with E-state index in [-0.39, 0.29) is 0 Å². The average molecular weight is 322 g/mol. The van der Waals surface area contributed by atoms with E-state index in [0.717, 1.165) is 9.84 Å². The fourth-order valence-corrected chi connectivity index (χ4v) is 3.77. The third-order valence-electron chi connectivity index (χ3n) is 3.80. The fraction of sp³-hybridized carbons (Fsp3) is 1.00. The van der Waals surface area contributed by atoms with Gasteiger partial charge in [-0.1, -0.05) is 22.6 Å². The highest BCUT2D eigenvalue weighted by Gasteiger charge is 2.22. The first kappa shape index (κ1) is 12.1. The quantitative estimate of drug-likeness (QED) is 0.568. The lowest BCUT2D eigenvalue weighted by Crippen LogP contribution is -2.41. The molecule has 2 saturated heterocycles. The van der Waals surface area contributed by atoms with Crippen LogP contribution in [-0.2, 0) is 0 Å². The first-order chi connectivity index (χ1) is 7.24. The first-order valence-corrected chi connectivity index (χ1v) is 7.53. The molecule has 0 amide bonds. The second-order valence-corrected chi connectivity index (χ2v) is 7.01. The largest absolute Gasteiger partial charge is 0.306 e. The molecule has 2 aliphatic rings. The minimum Gasteiger partial charge on any atom is -0.306 e. The highest BCUT2D eigenvalue weighted by molar-refractivity contribution is 14.1. The third kappa shape index (κ3) is 3.86. The van der Waals surface area contributed by atoms with Gasteiger partial charge in [-0.2, -0.15) is 0 Å². The molecular weight excluding hydrogens is 299 g/mol. The van der Waals surface area contributed by atoms with Gasteiger partial charge in [0.05, 0.1) is 0 Å². The standard InChI is InChI=1S/C12H23IN2/c1-14-7-4-11(5-8-14)9-15-6-2-3-12(13)10-15/h11-12H,2-10H2,1H3. The molecule has 2 rings (SSSR count). The number of hydrogen-bond donors (Lipinski definition) is 0. The second-order valence-electron chi connectivity index (χ2n) is 5.25.